The van der Waals surface area contributed by atoms with Gasteiger partial charge in [0, 0.05) is 10.4 Å². The lowest BCUT2D eigenvalue weighted by Gasteiger charge is -2.34. The average Bonchev–Trinajstić information content (AvgIpc) is 2.98. The number of imide groups is 1. The van der Waals surface area contributed by atoms with Gasteiger partial charge >= 0.3 is 0 Å². The average molecular weight is 497 g/mol. The Labute approximate surface area is 197 Å². The van der Waals surface area contributed by atoms with E-state index in [1.54, 1.807) is 29.2 Å². The van der Waals surface area contributed by atoms with Gasteiger partial charge in [0.2, 0.25) is 11.8 Å². The molecule has 5 nitrogen and oxygen atoms in total. The highest BCUT2D eigenvalue weighted by Crippen LogP contribution is 2.69. The van der Waals surface area contributed by atoms with E-state index < -0.39 is 6.04 Å². The first-order valence-corrected chi connectivity index (χ1v) is 11.8. The number of anilines is 1. The lowest BCUT2D eigenvalue weighted by atomic mass is 10.0. The Bertz CT molecular complexity index is 1050. The highest BCUT2D eigenvalue weighted by atomic mass is 79.9. The Morgan fingerprint density at radius 2 is 1.56 bits per heavy atom. The lowest BCUT2D eigenvalue weighted by molar-refractivity contribution is -0.143. The zero-order valence-corrected chi connectivity index (χ0v) is 20.7. The summed E-state index contributed by atoms with van der Waals surface area (Å²) in [4.78, 5) is 43.3. The number of rotatable bonds is 5. The molecule has 2 atom stereocenters. The van der Waals surface area contributed by atoms with Crippen LogP contribution in [-0.4, -0.2) is 28.7 Å². The Morgan fingerprint density at radius 3 is 2.09 bits per heavy atom. The third-order valence-electron chi connectivity index (χ3n) is 7.76. The second-order valence-corrected chi connectivity index (χ2v) is 10.9. The van der Waals surface area contributed by atoms with E-state index in [2.05, 4.69) is 43.6 Å². The van der Waals surface area contributed by atoms with Crippen LogP contribution in [0.4, 0.5) is 5.69 Å². The fourth-order valence-electron chi connectivity index (χ4n) is 5.16. The Kier molecular flexibility index (Phi) is 5.56. The highest BCUT2D eigenvalue weighted by Gasteiger charge is 2.69. The molecule has 2 aromatic rings. The van der Waals surface area contributed by atoms with E-state index in [0.29, 0.717) is 5.69 Å². The van der Waals surface area contributed by atoms with Crippen LogP contribution in [0.2, 0.25) is 0 Å². The molecule has 1 aliphatic carbocycles. The maximum absolute atomic E-state index is 13.9. The molecule has 32 heavy (non-hydrogen) atoms. The summed E-state index contributed by atoms with van der Waals surface area (Å²) in [7, 11) is 0. The lowest BCUT2D eigenvalue weighted by Crippen LogP contribution is -2.48. The summed E-state index contributed by atoms with van der Waals surface area (Å²) in [6.45, 7) is 10.3. The second kappa shape index (κ2) is 7.84. The van der Waals surface area contributed by atoms with Crippen LogP contribution in [0.15, 0.2) is 59.1 Å². The van der Waals surface area contributed by atoms with E-state index in [4.69, 9.17) is 0 Å². The number of hydrogen-bond donors (Lipinski definition) is 0. The molecule has 0 N–H and O–H groups in total. The van der Waals surface area contributed by atoms with Crippen LogP contribution in [0.1, 0.15) is 52.6 Å². The van der Waals surface area contributed by atoms with Crippen LogP contribution < -0.4 is 4.90 Å². The third-order valence-corrected chi connectivity index (χ3v) is 8.29. The van der Waals surface area contributed by atoms with Gasteiger partial charge in [-0.05, 0) is 47.6 Å². The molecular weight excluding hydrogens is 468 g/mol. The van der Waals surface area contributed by atoms with Gasteiger partial charge in [0.1, 0.15) is 6.04 Å². The van der Waals surface area contributed by atoms with Gasteiger partial charge in [0.25, 0.3) is 5.91 Å². The summed E-state index contributed by atoms with van der Waals surface area (Å²) in [5, 5.41) is 0. The Balaban J connectivity index is 1.72. The van der Waals surface area contributed by atoms with E-state index in [-0.39, 0.29) is 46.9 Å². The molecule has 2 fully saturated rings. The maximum Gasteiger partial charge on any atom is 0.257 e. The first-order chi connectivity index (χ1) is 15.0. The number of carbonyl (C=O) groups is 3. The minimum absolute atomic E-state index is 0.00854. The van der Waals surface area contributed by atoms with Gasteiger partial charge in [-0.1, -0.05) is 74.0 Å². The standard InChI is InChI=1S/C26H29BrN2O3/c1-16(17-9-7-6-8-10-17)28(24(32)22-25(2,3)26(22,4)5)20-15-21(30)29(23(20)31)19-13-11-18(27)12-14-19/h6-14,16,20,22H,15H2,1-5H3. The molecule has 1 saturated carbocycles. The summed E-state index contributed by atoms with van der Waals surface area (Å²) >= 11 is 3.39. The molecule has 168 valence electrons. The van der Waals surface area contributed by atoms with Crippen molar-refractivity contribution in [1.29, 1.82) is 0 Å². The van der Waals surface area contributed by atoms with Crippen LogP contribution in [0.5, 0.6) is 0 Å². The van der Waals surface area contributed by atoms with Crippen LogP contribution >= 0.6 is 15.9 Å². The SMILES string of the molecule is CC(c1ccccc1)N(C(=O)C1C(C)(C)C1(C)C)C1CC(=O)N(c2ccc(Br)cc2)C1=O. The Hall–Kier alpha value is -2.47. The zero-order valence-electron chi connectivity index (χ0n) is 19.1. The molecular formula is C26H29BrN2O3. The van der Waals surface area contributed by atoms with Crippen molar-refractivity contribution < 1.29 is 14.4 Å². The van der Waals surface area contributed by atoms with Gasteiger partial charge in [0.05, 0.1) is 18.2 Å². The fraction of sp³-hybridized carbons (Fsp3) is 0.423. The van der Waals surface area contributed by atoms with Gasteiger partial charge < -0.3 is 4.90 Å². The third kappa shape index (κ3) is 3.49. The molecule has 1 heterocycles. The summed E-state index contributed by atoms with van der Waals surface area (Å²) < 4.78 is 0.865. The van der Waals surface area contributed by atoms with Crippen molar-refractivity contribution >= 4 is 39.3 Å². The van der Waals surface area contributed by atoms with Crippen molar-refractivity contribution in [3.63, 3.8) is 0 Å². The van der Waals surface area contributed by atoms with Crippen molar-refractivity contribution in [1.82, 2.24) is 4.90 Å². The van der Waals surface area contributed by atoms with Gasteiger partial charge in [-0.3, -0.25) is 14.4 Å². The van der Waals surface area contributed by atoms with E-state index in [0.717, 1.165) is 10.0 Å². The number of carbonyl (C=O) groups excluding carboxylic acids is 3. The molecule has 2 unspecified atom stereocenters. The molecule has 2 aliphatic rings. The van der Waals surface area contributed by atoms with Crippen LogP contribution in [0.3, 0.4) is 0 Å². The Morgan fingerprint density at radius 1 is 1.00 bits per heavy atom. The van der Waals surface area contributed by atoms with E-state index in [1.165, 1.54) is 4.90 Å². The molecule has 6 heteroatoms. The normalized spacial score (nSPS) is 22.7. The molecule has 1 aliphatic heterocycles. The van der Waals surface area contributed by atoms with Crippen molar-refractivity contribution in [3.8, 4) is 0 Å². The molecule has 3 amide bonds. The van der Waals surface area contributed by atoms with Gasteiger partial charge in [0.15, 0.2) is 0 Å². The predicted molar refractivity (Wildman–Crippen MR) is 128 cm³/mol. The summed E-state index contributed by atoms with van der Waals surface area (Å²) in [6, 6.07) is 15.6. The minimum Gasteiger partial charge on any atom is -0.323 e. The van der Waals surface area contributed by atoms with Crippen molar-refractivity contribution in [2.75, 3.05) is 4.90 Å². The van der Waals surface area contributed by atoms with Crippen molar-refractivity contribution in [2.24, 2.45) is 16.7 Å². The second-order valence-electron chi connectivity index (χ2n) is 9.97. The van der Waals surface area contributed by atoms with E-state index >= 15 is 0 Å². The number of benzene rings is 2. The molecule has 2 aromatic carbocycles. The summed E-state index contributed by atoms with van der Waals surface area (Å²) in [6.07, 6.45) is -0.00854. The van der Waals surface area contributed by atoms with Crippen LogP contribution in [0, 0.1) is 16.7 Å². The van der Waals surface area contributed by atoms with Crippen molar-refractivity contribution in [2.45, 2.75) is 53.1 Å². The van der Waals surface area contributed by atoms with Gasteiger partial charge in [-0.15, -0.1) is 0 Å². The maximum atomic E-state index is 13.9. The van der Waals surface area contributed by atoms with E-state index in [9.17, 15) is 14.4 Å². The summed E-state index contributed by atoms with van der Waals surface area (Å²) in [5.41, 5.74) is 1.13. The van der Waals surface area contributed by atoms with Crippen LogP contribution in [0.25, 0.3) is 0 Å². The smallest absolute Gasteiger partial charge is 0.257 e. The zero-order chi connectivity index (χ0) is 23.4. The molecule has 0 spiro atoms. The quantitative estimate of drug-likeness (QED) is 0.524. The van der Waals surface area contributed by atoms with E-state index in [1.807, 2.05) is 37.3 Å². The number of nitrogens with zero attached hydrogens (tertiary/aromatic N) is 2. The fourth-order valence-corrected chi connectivity index (χ4v) is 5.43. The van der Waals surface area contributed by atoms with Gasteiger partial charge in [-0.2, -0.15) is 0 Å². The molecule has 4 rings (SSSR count). The predicted octanol–water partition coefficient (Wildman–Crippen LogP) is 5.35. The monoisotopic (exact) mass is 496 g/mol. The van der Waals surface area contributed by atoms with Crippen molar-refractivity contribution in [3.05, 3.63) is 64.6 Å². The summed E-state index contributed by atoms with van der Waals surface area (Å²) in [5.74, 6) is -0.884. The first kappa shape index (κ1) is 22.7. The topological polar surface area (TPSA) is 57.7 Å². The van der Waals surface area contributed by atoms with Gasteiger partial charge in [-0.25, -0.2) is 4.90 Å². The molecule has 0 radical (unpaired) electrons. The molecule has 0 aromatic heterocycles. The molecule has 1 saturated heterocycles. The first-order valence-electron chi connectivity index (χ1n) is 11.0. The minimum atomic E-state index is -0.818. The number of halogens is 1. The number of hydrogen-bond acceptors (Lipinski definition) is 3. The highest BCUT2D eigenvalue weighted by molar-refractivity contribution is 9.10. The molecule has 0 bridgehead atoms. The number of amides is 3. The van der Waals surface area contributed by atoms with Crippen LogP contribution in [-0.2, 0) is 14.4 Å². The largest absolute Gasteiger partial charge is 0.323 e.